The number of likely N-dealkylation sites (N-methyl/N-ethyl adjacent to an activating group) is 1. The molecule has 8 aliphatic rings. The fourth-order valence-electron chi connectivity index (χ4n) is 16.1. The molecule has 8 heterocycles. The molecule has 24 N–H and O–H groups in total. The quantitative estimate of drug-likeness (QED) is 0.0279. The minimum absolute atomic E-state index is 0.0467. The zero-order chi connectivity index (χ0) is 88.7. The third-order valence-corrected chi connectivity index (χ3v) is 23.1. The lowest BCUT2D eigenvalue weighted by molar-refractivity contribution is -0.442. The molecule has 5 aromatic rings. The number of aliphatic hydroxyl groups excluding tert-OH is 6. The number of halogens is 1. The van der Waals surface area contributed by atoms with Gasteiger partial charge in [0.1, 0.15) is 83.4 Å². The maximum atomic E-state index is 16.7. The monoisotopic (exact) mass is 1730 g/mol. The van der Waals surface area contributed by atoms with Gasteiger partial charge in [0.25, 0.3) is 0 Å². The summed E-state index contributed by atoms with van der Waals surface area (Å²) in [6, 6.07) is 0.830. The summed E-state index contributed by atoms with van der Waals surface area (Å²) in [4.78, 5) is 122. The van der Waals surface area contributed by atoms with Gasteiger partial charge in [0.15, 0.2) is 30.1 Å². The van der Waals surface area contributed by atoms with Crippen molar-refractivity contribution in [1.29, 1.82) is 0 Å². The Morgan fingerprint density at radius 2 is 1.29 bits per heavy atom. The largest absolute Gasteiger partial charge is 0.507 e. The van der Waals surface area contributed by atoms with Gasteiger partial charge >= 0.3 is 11.9 Å². The molecule has 7 amide bonds. The summed E-state index contributed by atoms with van der Waals surface area (Å²) < 4.78 is 52.8. The number of primary amides is 1. The Morgan fingerprint density at radius 3 is 1.91 bits per heavy atom. The Bertz CT molecular complexity index is 4640. The minimum atomic E-state index is -2.82. The molecule has 0 aliphatic carbocycles. The first-order valence-corrected chi connectivity index (χ1v) is 41.3. The van der Waals surface area contributed by atoms with E-state index in [1.807, 2.05) is 13.8 Å². The maximum absolute atomic E-state index is 16.7. The smallest absolute Gasteiger partial charge is 0.332 e. The van der Waals surface area contributed by atoms with Gasteiger partial charge < -0.3 is 144 Å². The normalized spacial score (nSPS) is 30.2. The Morgan fingerprint density at radius 1 is 0.680 bits per heavy atom. The van der Waals surface area contributed by atoms with Crippen LogP contribution in [-0.2, 0) is 68.6 Å². The van der Waals surface area contributed by atoms with Crippen LogP contribution in [0.2, 0.25) is 5.02 Å². The van der Waals surface area contributed by atoms with E-state index >= 15 is 24.0 Å². The van der Waals surface area contributed by atoms with Crippen LogP contribution in [0.15, 0.2) is 78.9 Å². The summed E-state index contributed by atoms with van der Waals surface area (Å²) >= 11 is 7.21. The van der Waals surface area contributed by atoms with Crippen molar-refractivity contribution in [3.05, 3.63) is 117 Å². The lowest BCUT2D eigenvalue weighted by Gasteiger charge is -2.48. The van der Waals surface area contributed by atoms with E-state index in [4.69, 9.17) is 66.7 Å². The first kappa shape index (κ1) is 93.1. The number of aliphatic carboxylic acids is 1. The number of benzene rings is 5. The van der Waals surface area contributed by atoms with E-state index < -0.39 is 250 Å². The molecule has 37 nitrogen and oxygen atoms in total. The van der Waals surface area contributed by atoms with Crippen molar-refractivity contribution in [3.63, 3.8) is 0 Å². The van der Waals surface area contributed by atoms with Gasteiger partial charge in [-0.05, 0) is 137 Å². The fraction of sp³-hybridized carbons (Fsp3) is 0.548. The van der Waals surface area contributed by atoms with Crippen molar-refractivity contribution in [2.45, 2.75) is 265 Å². The summed E-state index contributed by atoms with van der Waals surface area (Å²) in [5.41, 5.74) is 13.6. The van der Waals surface area contributed by atoms with Crippen LogP contribution < -0.4 is 73.9 Å². The van der Waals surface area contributed by atoms with E-state index in [0.29, 0.717) is 13.0 Å². The number of phenols is 3. The number of carbonyl (C=O) groups is 8. The van der Waals surface area contributed by atoms with E-state index in [9.17, 15) is 65.4 Å². The molecular formula is C84H112ClN11O26. The molecule has 0 aromatic heterocycles. The van der Waals surface area contributed by atoms with Crippen LogP contribution in [0.5, 0.6) is 46.0 Å². The SMILES string of the molecule is CCCCCCCCCCNCc1c(O)cc2c(c1O)-c1cc(ccc1O)[C@H]1NC(=O)[C@@H]3NC(=O)[C@H](CC(N)=O)NC(=O)[C@H](NC(=O)[C@@H](CC(C)C)NC)[C@H](O)c4ccc(c(Cl)c4)Oc4cc3cc(c4O[C@@]3(O[C@@H]4CC(C)(N)[C@H](O)[C@@H](C)O4)C[C@@H](O)[C@H](O)[C@@H](CO)O3)Oc3ccc(cc3)[C@@H](O[C@@H]3CC(C)(N)[C@H](O)[C@@H](C)O3)[C@H](NC1=O)C(=O)N[C@@H]2C(=O)O. The van der Waals surface area contributed by atoms with Gasteiger partial charge in [-0.1, -0.05) is 102 Å². The van der Waals surface area contributed by atoms with Gasteiger partial charge in [0.2, 0.25) is 47.1 Å². The summed E-state index contributed by atoms with van der Waals surface area (Å²) in [7, 11) is 1.48. The highest BCUT2D eigenvalue weighted by atomic mass is 35.5. The van der Waals surface area contributed by atoms with Crippen molar-refractivity contribution >= 4 is 58.9 Å². The lowest BCUT2D eigenvalue weighted by Crippen LogP contribution is -2.64. The van der Waals surface area contributed by atoms with Crippen LogP contribution in [0.3, 0.4) is 0 Å². The topological polar surface area (TPSA) is 587 Å². The molecule has 13 rings (SSSR count). The van der Waals surface area contributed by atoms with Crippen molar-refractivity contribution < 1.29 is 127 Å². The van der Waals surface area contributed by atoms with E-state index in [-0.39, 0.29) is 70.5 Å². The van der Waals surface area contributed by atoms with Crippen molar-refractivity contribution in [1.82, 2.24) is 42.5 Å². The zero-order valence-corrected chi connectivity index (χ0v) is 69.7. The number of phenolic OH excluding ortho intramolecular Hbond substituents is 3. The number of ether oxygens (including phenoxy) is 8. The van der Waals surface area contributed by atoms with E-state index in [1.54, 1.807) is 0 Å². The molecule has 2 unspecified atom stereocenters. The van der Waals surface area contributed by atoms with Crippen LogP contribution >= 0.6 is 11.6 Å². The number of hydrogen-bond acceptors (Lipinski definition) is 29. The Labute approximate surface area is 708 Å². The molecule has 666 valence electrons. The first-order valence-electron chi connectivity index (χ1n) is 40.9. The summed E-state index contributed by atoms with van der Waals surface area (Å²) in [5.74, 6) is -18.4. The molecular weight excluding hydrogens is 1610 g/mol. The molecule has 0 radical (unpaired) electrons. The van der Waals surface area contributed by atoms with Gasteiger partial charge in [-0.25, -0.2) is 4.79 Å². The number of unbranched alkanes of at least 4 members (excludes halogenated alkanes) is 7. The molecule has 8 aliphatic heterocycles. The molecule has 38 heteroatoms. The van der Waals surface area contributed by atoms with Crippen LogP contribution in [0.1, 0.15) is 196 Å². The van der Waals surface area contributed by atoms with Crippen molar-refractivity contribution in [2.24, 2.45) is 23.1 Å². The van der Waals surface area contributed by atoms with Crippen LogP contribution in [0.25, 0.3) is 11.1 Å². The number of rotatable bonds is 26. The number of fused-ring (bicyclic) bond motifs is 15. The van der Waals surface area contributed by atoms with Gasteiger partial charge in [-0.15, -0.1) is 0 Å². The molecule has 21 atom stereocenters. The molecule has 3 fully saturated rings. The number of aromatic hydroxyl groups is 3. The van der Waals surface area contributed by atoms with Crippen LogP contribution in [-0.4, -0.2) is 215 Å². The number of carbonyl (C=O) groups excluding carboxylic acids is 7. The zero-order valence-electron chi connectivity index (χ0n) is 68.9. The van der Waals surface area contributed by atoms with E-state index in [2.05, 4.69) is 49.5 Å². The Hall–Kier alpha value is -9.65. The Kier molecular flexibility index (Phi) is 30.1. The molecule has 0 saturated carbocycles. The second-order valence-corrected chi connectivity index (χ2v) is 33.5. The van der Waals surface area contributed by atoms with Crippen LogP contribution in [0, 0.1) is 5.92 Å². The number of carboxylic acid groups (broad SMARTS) is 1. The van der Waals surface area contributed by atoms with Gasteiger partial charge in [-0.2, -0.15) is 0 Å². The van der Waals surface area contributed by atoms with Crippen molar-refractivity contribution in [2.75, 3.05) is 20.2 Å². The molecule has 122 heavy (non-hydrogen) atoms. The average Bonchev–Trinajstić information content (AvgIpc) is 0.753. The Balaban J connectivity index is 1.17. The highest BCUT2D eigenvalue weighted by Crippen LogP contribution is 2.52. The molecule has 0 spiro atoms. The van der Waals surface area contributed by atoms with E-state index in [1.165, 1.54) is 71.1 Å². The molecule has 11 bridgehead atoms. The van der Waals surface area contributed by atoms with Crippen molar-refractivity contribution in [3.8, 4) is 57.1 Å². The average molecular weight is 1730 g/mol. The summed E-state index contributed by atoms with van der Waals surface area (Å²) in [6.07, 6.45) is -11.8. The number of hydrogen-bond donors (Lipinski definition) is 21. The fourth-order valence-corrected chi connectivity index (χ4v) is 16.3. The molecule has 5 aromatic carbocycles. The van der Waals surface area contributed by atoms with Crippen LogP contribution in [0.4, 0.5) is 0 Å². The lowest BCUT2D eigenvalue weighted by atomic mass is 9.86. The standard InChI is InChI=1S/C84H112ClN11O26/c1-9-10-11-12-13-14-15-16-25-90-36-48-53(99)31-47-62(69(48)103)46-27-42(19-23-52(46)98)63-77(109)96-67(80(112)94-65(47)81(113)114)71(119-60-34-82(6,87)73(105)39(4)115-60)41-17-21-45(22-18-41)117-56-29-44-30-57(72(56)122-84(33-54(100)70(104)58(37-97)120-84)121-61-35-83(7,88)74(106)40(5)116-61)118-55-24-20-43(28-49(55)85)68(102)66(95-75(107)50(89-8)26-38(2)3)79(111)91-51(32-59(86)101)76(108)92-64(44)78(110)93-63/h17-24,27-31,38-40,50-51,54,58,60-61,63-68,70-71,73-74,89-90,97-100,102-106H,9-16,25-26,32-37,87-88H2,1-8H3,(H2,86,101)(H,91,111)(H,92,108)(H,93,110)(H,94,112)(H,95,107)(H,96,109)(H,113,114)/t39-,40-,50-,51+,54-,58-,60-,61-,63-,64-,65+,66-,67+,68-,70+,71-,73-,74-,82?,83?,84+/m1/s1. The number of aliphatic hydroxyl groups is 6. The number of nitrogens with one attached hydrogen (secondary N) is 8. The maximum Gasteiger partial charge on any atom is 0.332 e. The van der Waals surface area contributed by atoms with Gasteiger partial charge in [0, 0.05) is 47.2 Å². The predicted octanol–water partition coefficient (Wildman–Crippen LogP) is 3.27. The summed E-state index contributed by atoms with van der Waals surface area (Å²) in [5, 5.41) is 139. The number of amides is 7. The predicted molar refractivity (Wildman–Crippen MR) is 435 cm³/mol. The highest BCUT2D eigenvalue weighted by molar-refractivity contribution is 6.32. The third kappa shape index (κ3) is 21.4. The molecule has 3 saturated heterocycles. The van der Waals surface area contributed by atoms with Gasteiger partial charge in [-0.3, -0.25) is 38.3 Å². The second-order valence-electron chi connectivity index (χ2n) is 33.1. The highest BCUT2D eigenvalue weighted by Gasteiger charge is 2.55. The number of nitrogens with two attached hydrogens (primary N) is 3. The second kappa shape index (κ2) is 39.5. The van der Waals surface area contributed by atoms with E-state index in [0.717, 1.165) is 87.4 Å². The summed E-state index contributed by atoms with van der Waals surface area (Å²) in [6.45, 7) is 10.9. The van der Waals surface area contributed by atoms with Gasteiger partial charge in [0.05, 0.1) is 66.6 Å². The third-order valence-electron chi connectivity index (χ3n) is 22.8. The minimum Gasteiger partial charge on any atom is -0.507 e. The first-order chi connectivity index (χ1) is 57.7. The number of carboxylic acids is 1.